The van der Waals surface area contributed by atoms with Crippen LogP contribution >= 0.6 is 0 Å². The monoisotopic (exact) mass is 396 g/mol. The van der Waals surface area contributed by atoms with Crippen LogP contribution in [0, 0.1) is 19.8 Å². The lowest BCUT2D eigenvalue weighted by atomic mass is 9.87. The summed E-state index contributed by atoms with van der Waals surface area (Å²) in [7, 11) is 0. The number of aryl methyl sites for hydroxylation is 3. The van der Waals surface area contributed by atoms with Gasteiger partial charge in [0.05, 0.1) is 0 Å². The topological polar surface area (TPSA) is 9.23 Å². The molecule has 162 valence electrons. The molecule has 0 unspecified atom stereocenters. The molecule has 0 N–H and O–H groups in total. The van der Waals surface area contributed by atoms with Gasteiger partial charge in [0.1, 0.15) is 11.4 Å². The van der Waals surface area contributed by atoms with Crippen LogP contribution in [0.15, 0.2) is 35.4 Å². The molecule has 0 radical (unpaired) electrons. The van der Waals surface area contributed by atoms with E-state index in [0.29, 0.717) is 0 Å². The number of benzene rings is 1. The Bertz CT molecular complexity index is 720. The highest BCUT2D eigenvalue weighted by Gasteiger charge is 2.31. The van der Waals surface area contributed by atoms with Gasteiger partial charge in [-0.3, -0.25) is 0 Å². The standard InChI is InChI=1S/C28H44O/c1-21(2)11-8-12-22(3)13-9-14-23(4)15-10-17-28(7)18-16-26-20-24(5)19-25(6)27(26)29-28/h11,15,19-20,22H,8-10,12-14,16-18H2,1-7H3/b23-15+/t22-,28-/m1/s1. The summed E-state index contributed by atoms with van der Waals surface area (Å²) in [6.45, 7) is 15.8. The van der Waals surface area contributed by atoms with Gasteiger partial charge in [-0.1, -0.05) is 54.3 Å². The van der Waals surface area contributed by atoms with Crippen LogP contribution in [-0.2, 0) is 6.42 Å². The van der Waals surface area contributed by atoms with E-state index < -0.39 is 0 Å². The molecule has 1 aromatic rings. The van der Waals surface area contributed by atoms with Crippen molar-refractivity contribution < 1.29 is 4.74 Å². The second-order valence-corrected chi connectivity index (χ2v) is 10.1. The second kappa shape index (κ2) is 11.0. The Labute approximate surface area is 180 Å². The van der Waals surface area contributed by atoms with Gasteiger partial charge in [0, 0.05) is 0 Å². The maximum atomic E-state index is 6.52. The molecule has 0 aliphatic carbocycles. The molecular weight excluding hydrogens is 352 g/mol. The fraction of sp³-hybridized carbons (Fsp3) is 0.643. The van der Waals surface area contributed by atoms with Crippen molar-refractivity contribution in [2.75, 3.05) is 0 Å². The zero-order valence-electron chi connectivity index (χ0n) is 20.2. The molecule has 0 spiro atoms. The molecule has 1 aliphatic rings. The molecule has 1 aromatic carbocycles. The summed E-state index contributed by atoms with van der Waals surface area (Å²) in [4.78, 5) is 0. The van der Waals surface area contributed by atoms with E-state index in [9.17, 15) is 0 Å². The van der Waals surface area contributed by atoms with Crippen LogP contribution in [0.3, 0.4) is 0 Å². The molecule has 0 amide bonds. The minimum Gasteiger partial charge on any atom is -0.487 e. The lowest BCUT2D eigenvalue weighted by Gasteiger charge is -2.37. The molecule has 2 rings (SSSR count). The number of allylic oxidation sites excluding steroid dienone is 4. The SMILES string of the molecule is CC(C)=CCC[C@@H](C)CCC/C(C)=C/CC[C@]1(C)CCc2cc(C)cc(C)c2O1. The van der Waals surface area contributed by atoms with Crippen molar-refractivity contribution in [3.8, 4) is 5.75 Å². The van der Waals surface area contributed by atoms with Crippen molar-refractivity contribution in [1.29, 1.82) is 0 Å². The number of hydrogen-bond donors (Lipinski definition) is 0. The third-order valence-corrected chi connectivity index (χ3v) is 6.41. The molecule has 0 saturated heterocycles. The van der Waals surface area contributed by atoms with Crippen LogP contribution in [0.25, 0.3) is 0 Å². The predicted octanol–water partition coefficient (Wildman–Crippen LogP) is 8.67. The van der Waals surface area contributed by atoms with Gasteiger partial charge in [-0.15, -0.1) is 0 Å². The first-order chi connectivity index (χ1) is 13.7. The van der Waals surface area contributed by atoms with E-state index in [0.717, 1.165) is 37.4 Å². The maximum Gasteiger partial charge on any atom is 0.126 e. The minimum atomic E-state index is -0.0246. The van der Waals surface area contributed by atoms with Crippen LogP contribution in [0.4, 0.5) is 0 Å². The van der Waals surface area contributed by atoms with Crippen molar-refractivity contribution in [2.24, 2.45) is 5.92 Å². The molecule has 1 heteroatoms. The molecule has 1 aliphatic heterocycles. The first kappa shape index (κ1) is 23.8. The Hall–Kier alpha value is -1.50. The summed E-state index contributed by atoms with van der Waals surface area (Å²) < 4.78 is 6.52. The third-order valence-electron chi connectivity index (χ3n) is 6.41. The maximum absolute atomic E-state index is 6.52. The highest BCUT2D eigenvalue weighted by Crippen LogP contribution is 2.38. The van der Waals surface area contributed by atoms with Crippen LogP contribution in [0.2, 0.25) is 0 Å². The number of hydrogen-bond acceptors (Lipinski definition) is 1. The van der Waals surface area contributed by atoms with Crippen LogP contribution in [0.5, 0.6) is 5.75 Å². The molecule has 2 atom stereocenters. The van der Waals surface area contributed by atoms with Gasteiger partial charge in [-0.25, -0.2) is 0 Å². The van der Waals surface area contributed by atoms with Crippen molar-refractivity contribution in [1.82, 2.24) is 0 Å². The number of ether oxygens (including phenoxy) is 1. The normalized spacial score (nSPS) is 20.0. The Balaban J connectivity index is 1.74. The zero-order valence-corrected chi connectivity index (χ0v) is 20.2. The largest absolute Gasteiger partial charge is 0.487 e. The van der Waals surface area contributed by atoms with Crippen molar-refractivity contribution in [2.45, 2.75) is 112 Å². The minimum absolute atomic E-state index is 0.0246. The van der Waals surface area contributed by atoms with Crippen LogP contribution in [-0.4, -0.2) is 5.60 Å². The lowest BCUT2D eigenvalue weighted by molar-refractivity contribution is 0.0563. The van der Waals surface area contributed by atoms with Crippen molar-refractivity contribution >= 4 is 0 Å². The van der Waals surface area contributed by atoms with Crippen molar-refractivity contribution in [3.63, 3.8) is 0 Å². The van der Waals surface area contributed by atoms with E-state index in [4.69, 9.17) is 4.74 Å². The zero-order chi connectivity index (χ0) is 21.4. The third kappa shape index (κ3) is 8.03. The molecule has 1 heterocycles. The smallest absolute Gasteiger partial charge is 0.126 e. The predicted molar refractivity (Wildman–Crippen MR) is 128 cm³/mol. The van der Waals surface area contributed by atoms with Gasteiger partial charge in [0.15, 0.2) is 0 Å². The first-order valence-corrected chi connectivity index (χ1v) is 11.8. The molecule has 0 bridgehead atoms. The Morgan fingerprint density at radius 3 is 2.59 bits per heavy atom. The molecular formula is C28H44O. The summed E-state index contributed by atoms with van der Waals surface area (Å²) in [6, 6.07) is 4.54. The molecule has 29 heavy (non-hydrogen) atoms. The summed E-state index contributed by atoms with van der Waals surface area (Å²) in [5, 5.41) is 0. The summed E-state index contributed by atoms with van der Waals surface area (Å²) in [5.74, 6) is 1.98. The molecule has 0 aromatic heterocycles. The molecule has 0 saturated carbocycles. The fourth-order valence-corrected chi connectivity index (χ4v) is 4.50. The second-order valence-electron chi connectivity index (χ2n) is 10.1. The van der Waals surface area contributed by atoms with Crippen LogP contribution < -0.4 is 4.74 Å². The van der Waals surface area contributed by atoms with Crippen molar-refractivity contribution in [3.05, 3.63) is 52.1 Å². The van der Waals surface area contributed by atoms with Gasteiger partial charge < -0.3 is 4.74 Å². The summed E-state index contributed by atoms with van der Waals surface area (Å²) >= 11 is 0. The van der Waals surface area contributed by atoms with E-state index in [1.165, 1.54) is 54.4 Å². The van der Waals surface area contributed by atoms with Gasteiger partial charge in [0.2, 0.25) is 0 Å². The Kier molecular flexibility index (Phi) is 9.05. The average Bonchev–Trinajstić information content (AvgIpc) is 2.62. The summed E-state index contributed by atoms with van der Waals surface area (Å²) in [6.07, 6.45) is 15.8. The lowest BCUT2D eigenvalue weighted by Crippen LogP contribution is -2.36. The van der Waals surface area contributed by atoms with Gasteiger partial charge in [-0.2, -0.15) is 0 Å². The van der Waals surface area contributed by atoms with E-state index in [2.05, 4.69) is 72.8 Å². The fourth-order valence-electron chi connectivity index (χ4n) is 4.50. The molecule has 0 fully saturated rings. The highest BCUT2D eigenvalue weighted by atomic mass is 16.5. The van der Waals surface area contributed by atoms with Gasteiger partial charge in [-0.05, 0) is 110 Å². The molecule has 1 nitrogen and oxygen atoms in total. The summed E-state index contributed by atoms with van der Waals surface area (Å²) in [5.41, 5.74) is 7.00. The average molecular weight is 397 g/mol. The van der Waals surface area contributed by atoms with E-state index >= 15 is 0 Å². The highest BCUT2D eigenvalue weighted by molar-refractivity contribution is 5.45. The Morgan fingerprint density at radius 1 is 1.10 bits per heavy atom. The van der Waals surface area contributed by atoms with Gasteiger partial charge >= 0.3 is 0 Å². The van der Waals surface area contributed by atoms with E-state index in [1.807, 2.05) is 0 Å². The first-order valence-electron chi connectivity index (χ1n) is 11.8. The van der Waals surface area contributed by atoms with E-state index in [-0.39, 0.29) is 5.60 Å². The quantitative estimate of drug-likeness (QED) is 0.359. The Morgan fingerprint density at radius 2 is 1.86 bits per heavy atom. The number of rotatable bonds is 10. The van der Waals surface area contributed by atoms with Gasteiger partial charge in [0.25, 0.3) is 0 Å². The van der Waals surface area contributed by atoms with E-state index in [1.54, 1.807) is 5.57 Å². The van der Waals surface area contributed by atoms with Crippen LogP contribution in [0.1, 0.15) is 103 Å². The number of fused-ring (bicyclic) bond motifs is 1.